The maximum atomic E-state index is 12.9. The van der Waals surface area contributed by atoms with Crippen molar-refractivity contribution in [1.82, 2.24) is 20.1 Å². The summed E-state index contributed by atoms with van der Waals surface area (Å²) in [5.74, 6) is 0.0763. The third kappa shape index (κ3) is 3.54. The average Bonchev–Trinajstić information content (AvgIpc) is 2.84. The molecule has 2 unspecified atom stereocenters. The SMILES string of the molecule is CC(C)N1C(=O)NC(C)(C2CCCN(CCc3ccncc3)C2)C1=O. The summed E-state index contributed by atoms with van der Waals surface area (Å²) in [4.78, 5) is 33.0. The number of carbonyl (C=O) groups excluding carboxylic acids is 2. The summed E-state index contributed by atoms with van der Waals surface area (Å²) in [5, 5.41) is 2.98. The number of pyridine rings is 1. The number of piperidine rings is 1. The summed E-state index contributed by atoms with van der Waals surface area (Å²) in [7, 11) is 0. The monoisotopic (exact) mass is 344 g/mol. The Morgan fingerprint density at radius 3 is 2.68 bits per heavy atom. The maximum absolute atomic E-state index is 12.9. The van der Waals surface area contributed by atoms with E-state index in [0.29, 0.717) is 0 Å². The highest BCUT2D eigenvalue weighted by Crippen LogP contribution is 2.33. The molecule has 0 aromatic carbocycles. The Labute approximate surface area is 149 Å². The Balaban J connectivity index is 1.65. The summed E-state index contributed by atoms with van der Waals surface area (Å²) >= 11 is 0. The summed E-state index contributed by atoms with van der Waals surface area (Å²) < 4.78 is 0. The summed E-state index contributed by atoms with van der Waals surface area (Å²) in [6.45, 7) is 8.52. The summed E-state index contributed by atoms with van der Waals surface area (Å²) in [6.07, 6.45) is 6.65. The molecule has 136 valence electrons. The lowest BCUT2D eigenvalue weighted by Crippen LogP contribution is -2.56. The van der Waals surface area contributed by atoms with Crippen LogP contribution in [-0.4, -0.2) is 57.9 Å². The third-order valence-electron chi connectivity index (χ3n) is 5.55. The first kappa shape index (κ1) is 17.9. The van der Waals surface area contributed by atoms with Crippen LogP contribution < -0.4 is 5.32 Å². The Morgan fingerprint density at radius 2 is 2.04 bits per heavy atom. The first-order valence-electron chi connectivity index (χ1n) is 9.19. The van der Waals surface area contributed by atoms with Gasteiger partial charge in [0.05, 0.1) is 0 Å². The number of imide groups is 1. The lowest BCUT2D eigenvalue weighted by atomic mass is 9.79. The van der Waals surface area contributed by atoms with Gasteiger partial charge >= 0.3 is 6.03 Å². The molecule has 6 nitrogen and oxygen atoms in total. The Bertz CT molecular complexity index is 634. The fourth-order valence-electron chi connectivity index (χ4n) is 3.99. The van der Waals surface area contributed by atoms with Crippen LogP contribution in [-0.2, 0) is 11.2 Å². The van der Waals surface area contributed by atoms with Gasteiger partial charge in [-0.25, -0.2) is 4.79 Å². The number of amides is 3. The van der Waals surface area contributed by atoms with Crippen LogP contribution in [0.15, 0.2) is 24.5 Å². The van der Waals surface area contributed by atoms with Gasteiger partial charge in [0.25, 0.3) is 5.91 Å². The molecule has 2 atom stereocenters. The molecular weight excluding hydrogens is 316 g/mol. The van der Waals surface area contributed by atoms with E-state index in [0.717, 1.165) is 38.9 Å². The van der Waals surface area contributed by atoms with Gasteiger partial charge in [-0.2, -0.15) is 0 Å². The number of hydrogen-bond acceptors (Lipinski definition) is 4. The number of urea groups is 1. The van der Waals surface area contributed by atoms with Crippen LogP contribution in [0.25, 0.3) is 0 Å². The van der Waals surface area contributed by atoms with Crippen molar-refractivity contribution in [2.75, 3.05) is 19.6 Å². The molecule has 2 fully saturated rings. The first-order valence-corrected chi connectivity index (χ1v) is 9.19. The van der Waals surface area contributed by atoms with E-state index in [2.05, 4.69) is 15.2 Å². The van der Waals surface area contributed by atoms with Crippen molar-refractivity contribution in [2.45, 2.75) is 51.6 Å². The van der Waals surface area contributed by atoms with Gasteiger partial charge in [0.1, 0.15) is 5.54 Å². The molecule has 3 rings (SSSR count). The molecular formula is C19H28N4O2. The van der Waals surface area contributed by atoms with E-state index in [4.69, 9.17) is 0 Å². The average molecular weight is 344 g/mol. The molecule has 3 amide bonds. The molecule has 6 heteroatoms. The molecule has 3 heterocycles. The predicted octanol–water partition coefficient (Wildman–Crippen LogP) is 2.05. The van der Waals surface area contributed by atoms with Crippen LogP contribution >= 0.6 is 0 Å². The van der Waals surface area contributed by atoms with E-state index in [1.165, 1.54) is 10.5 Å². The molecule has 0 bridgehead atoms. The number of nitrogens with one attached hydrogen (secondary N) is 1. The summed E-state index contributed by atoms with van der Waals surface area (Å²) in [5.41, 5.74) is 0.496. The predicted molar refractivity (Wildman–Crippen MR) is 96.0 cm³/mol. The van der Waals surface area contributed by atoms with Crippen molar-refractivity contribution < 1.29 is 9.59 Å². The Kier molecular flexibility index (Phi) is 5.08. The lowest BCUT2D eigenvalue weighted by Gasteiger charge is -2.40. The van der Waals surface area contributed by atoms with Crippen LogP contribution in [0.1, 0.15) is 39.2 Å². The highest BCUT2D eigenvalue weighted by Gasteiger charge is 2.53. The number of carbonyl (C=O) groups is 2. The van der Waals surface area contributed by atoms with Gasteiger partial charge in [-0.3, -0.25) is 14.7 Å². The van der Waals surface area contributed by atoms with Crippen molar-refractivity contribution in [3.8, 4) is 0 Å². The van der Waals surface area contributed by atoms with Gasteiger partial charge in [0, 0.05) is 37.4 Å². The van der Waals surface area contributed by atoms with Crippen LogP contribution in [0, 0.1) is 5.92 Å². The van der Waals surface area contributed by atoms with Crippen molar-refractivity contribution >= 4 is 11.9 Å². The molecule has 0 saturated carbocycles. The molecule has 2 saturated heterocycles. The van der Waals surface area contributed by atoms with E-state index in [1.807, 2.05) is 45.3 Å². The van der Waals surface area contributed by atoms with Gasteiger partial charge in [-0.1, -0.05) is 0 Å². The van der Waals surface area contributed by atoms with Crippen LogP contribution in [0.2, 0.25) is 0 Å². The molecule has 0 radical (unpaired) electrons. The molecule has 2 aliphatic heterocycles. The zero-order chi connectivity index (χ0) is 18.0. The third-order valence-corrected chi connectivity index (χ3v) is 5.55. The highest BCUT2D eigenvalue weighted by molar-refractivity contribution is 6.07. The molecule has 0 aliphatic carbocycles. The fraction of sp³-hybridized carbons (Fsp3) is 0.632. The van der Waals surface area contributed by atoms with Crippen molar-refractivity contribution in [2.24, 2.45) is 5.92 Å². The lowest BCUT2D eigenvalue weighted by molar-refractivity contribution is -0.134. The Morgan fingerprint density at radius 1 is 1.32 bits per heavy atom. The highest BCUT2D eigenvalue weighted by atomic mass is 16.2. The number of hydrogen-bond donors (Lipinski definition) is 1. The van der Waals surface area contributed by atoms with Crippen molar-refractivity contribution in [3.05, 3.63) is 30.1 Å². The largest absolute Gasteiger partial charge is 0.325 e. The second-order valence-electron chi connectivity index (χ2n) is 7.65. The van der Waals surface area contributed by atoms with Gasteiger partial charge in [0.2, 0.25) is 0 Å². The van der Waals surface area contributed by atoms with E-state index >= 15 is 0 Å². The van der Waals surface area contributed by atoms with Gasteiger partial charge < -0.3 is 10.2 Å². The van der Waals surface area contributed by atoms with Crippen LogP contribution in [0.5, 0.6) is 0 Å². The minimum atomic E-state index is -0.781. The minimum Gasteiger partial charge on any atom is -0.323 e. The van der Waals surface area contributed by atoms with Gasteiger partial charge in [-0.15, -0.1) is 0 Å². The van der Waals surface area contributed by atoms with E-state index in [-0.39, 0.29) is 23.9 Å². The zero-order valence-corrected chi connectivity index (χ0v) is 15.4. The normalized spacial score (nSPS) is 27.8. The fourth-order valence-corrected chi connectivity index (χ4v) is 3.99. The molecule has 0 spiro atoms. The molecule has 2 aliphatic rings. The van der Waals surface area contributed by atoms with Crippen molar-refractivity contribution in [3.63, 3.8) is 0 Å². The quantitative estimate of drug-likeness (QED) is 0.831. The number of aromatic nitrogens is 1. The minimum absolute atomic E-state index is 0.0755. The van der Waals surface area contributed by atoms with E-state index < -0.39 is 5.54 Å². The number of likely N-dealkylation sites (tertiary alicyclic amines) is 1. The molecule has 1 aromatic heterocycles. The topological polar surface area (TPSA) is 65.5 Å². The zero-order valence-electron chi connectivity index (χ0n) is 15.4. The number of nitrogens with zero attached hydrogens (tertiary/aromatic N) is 3. The first-order chi connectivity index (χ1) is 11.9. The molecule has 25 heavy (non-hydrogen) atoms. The standard InChI is InChI=1S/C19H28N4O2/c1-14(2)23-17(24)19(3,21-18(23)25)16-5-4-11-22(13-16)12-8-15-6-9-20-10-7-15/h6-7,9-10,14,16H,4-5,8,11-13H2,1-3H3,(H,21,25). The second-order valence-corrected chi connectivity index (χ2v) is 7.65. The van der Waals surface area contributed by atoms with E-state index in [9.17, 15) is 9.59 Å². The smallest absolute Gasteiger partial charge is 0.323 e. The van der Waals surface area contributed by atoms with Crippen LogP contribution in [0.4, 0.5) is 4.79 Å². The Hall–Kier alpha value is -1.95. The van der Waals surface area contributed by atoms with Gasteiger partial charge in [0.15, 0.2) is 0 Å². The van der Waals surface area contributed by atoms with E-state index in [1.54, 1.807) is 0 Å². The summed E-state index contributed by atoms with van der Waals surface area (Å²) in [6, 6.07) is 3.73. The maximum Gasteiger partial charge on any atom is 0.325 e. The number of rotatable bonds is 5. The van der Waals surface area contributed by atoms with Crippen LogP contribution in [0.3, 0.4) is 0 Å². The molecule has 1 aromatic rings. The second kappa shape index (κ2) is 7.12. The van der Waals surface area contributed by atoms with Crippen molar-refractivity contribution in [1.29, 1.82) is 0 Å². The van der Waals surface area contributed by atoms with Gasteiger partial charge in [-0.05, 0) is 64.3 Å². The molecule has 1 N–H and O–H groups in total.